The van der Waals surface area contributed by atoms with E-state index in [0.717, 1.165) is 5.56 Å². The lowest BCUT2D eigenvalue weighted by molar-refractivity contribution is 0.103. The molecule has 0 N–H and O–H groups in total. The zero-order valence-corrected chi connectivity index (χ0v) is 10.5. The Bertz CT molecular complexity index is 564. The van der Waals surface area contributed by atoms with Gasteiger partial charge in [-0.15, -0.1) is 0 Å². The number of benzene rings is 1. The van der Waals surface area contributed by atoms with Crippen LogP contribution in [0, 0.1) is 6.92 Å². The molecular formula is C15H15NO2. The SMILES string of the molecule is CCOc1cccc(C(=O)c2cc(C)ccn2)c1. The number of aromatic nitrogens is 1. The number of ether oxygens (including phenoxy) is 1. The molecule has 0 aliphatic heterocycles. The number of pyridine rings is 1. The van der Waals surface area contributed by atoms with Crippen LogP contribution in [-0.2, 0) is 0 Å². The summed E-state index contributed by atoms with van der Waals surface area (Å²) in [6.07, 6.45) is 1.65. The molecule has 3 nitrogen and oxygen atoms in total. The quantitative estimate of drug-likeness (QED) is 0.772. The average molecular weight is 241 g/mol. The van der Waals surface area contributed by atoms with Crippen LogP contribution in [-0.4, -0.2) is 17.4 Å². The molecule has 0 spiro atoms. The van der Waals surface area contributed by atoms with Crippen molar-refractivity contribution in [2.45, 2.75) is 13.8 Å². The van der Waals surface area contributed by atoms with Gasteiger partial charge in [0.15, 0.2) is 0 Å². The first kappa shape index (κ1) is 12.3. The Kier molecular flexibility index (Phi) is 3.72. The molecule has 2 rings (SSSR count). The topological polar surface area (TPSA) is 39.2 Å². The van der Waals surface area contributed by atoms with Crippen molar-refractivity contribution in [3.63, 3.8) is 0 Å². The second kappa shape index (κ2) is 5.45. The summed E-state index contributed by atoms with van der Waals surface area (Å²) in [4.78, 5) is 16.3. The molecule has 0 saturated heterocycles. The Labute approximate surface area is 106 Å². The van der Waals surface area contributed by atoms with Crippen LogP contribution in [0.3, 0.4) is 0 Å². The summed E-state index contributed by atoms with van der Waals surface area (Å²) in [6.45, 7) is 4.44. The fourth-order valence-corrected chi connectivity index (χ4v) is 1.70. The largest absolute Gasteiger partial charge is 0.494 e. The van der Waals surface area contributed by atoms with Gasteiger partial charge in [0.2, 0.25) is 5.78 Å². The number of carbonyl (C=O) groups excluding carboxylic acids is 1. The molecule has 1 heterocycles. The van der Waals surface area contributed by atoms with Crippen LogP contribution < -0.4 is 4.74 Å². The van der Waals surface area contributed by atoms with Gasteiger partial charge in [-0.1, -0.05) is 12.1 Å². The van der Waals surface area contributed by atoms with Gasteiger partial charge in [0.05, 0.1) is 6.61 Å². The van der Waals surface area contributed by atoms with E-state index in [1.807, 2.05) is 32.0 Å². The van der Waals surface area contributed by atoms with Crippen molar-refractivity contribution in [1.82, 2.24) is 4.98 Å². The van der Waals surface area contributed by atoms with Crippen molar-refractivity contribution in [1.29, 1.82) is 0 Å². The van der Waals surface area contributed by atoms with E-state index in [-0.39, 0.29) is 5.78 Å². The van der Waals surface area contributed by atoms with Crippen molar-refractivity contribution in [2.24, 2.45) is 0 Å². The van der Waals surface area contributed by atoms with Crippen molar-refractivity contribution < 1.29 is 9.53 Å². The summed E-state index contributed by atoms with van der Waals surface area (Å²) < 4.78 is 5.38. The van der Waals surface area contributed by atoms with E-state index >= 15 is 0 Å². The van der Waals surface area contributed by atoms with E-state index in [4.69, 9.17) is 4.74 Å². The molecule has 0 fully saturated rings. The first-order valence-electron chi connectivity index (χ1n) is 5.91. The monoisotopic (exact) mass is 241 g/mol. The van der Waals surface area contributed by atoms with Gasteiger partial charge in [0.1, 0.15) is 11.4 Å². The smallest absolute Gasteiger partial charge is 0.211 e. The zero-order valence-electron chi connectivity index (χ0n) is 10.5. The van der Waals surface area contributed by atoms with Crippen molar-refractivity contribution in [3.8, 4) is 5.75 Å². The minimum Gasteiger partial charge on any atom is -0.494 e. The average Bonchev–Trinajstić information content (AvgIpc) is 2.39. The number of hydrogen-bond donors (Lipinski definition) is 0. The Morgan fingerprint density at radius 2 is 2.11 bits per heavy atom. The van der Waals surface area contributed by atoms with Gasteiger partial charge in [-0.25, -0.2) is 0 Å². The van der Waals surface area contributed by atoms with Gasteiger partial charge in [-0.3, -0.25) is 9.78 Å². The summed E-state index contributed by atoms with van der Waals surface area (Å²) >= 11 is 0. The summed E-state index contributed by atoms with van der Waals surface area (Å²) in [5.41, 5.74) is 2.08. The molecule has 0 bridgehead atoms. The summed E-state index contributed by atoms with van der Waals surface area (Å²) in [5.74, 6) is 0.622. The summed E-state index contributed by atoms with van der Waals surface area (Å²) in [6, 6.07) is 10.8. The number of rotatable bonds is 4. The Balaban J connectivity index is 2.31. The maximum Gasteiger partial charge on any atom is 0.211 e. The predicted molar refractivity (Wildman–Crippen MR) is 70.0 cm³/mol. The highest BCUT2D eigenvalue weighted by Gasteiger charge is 2.11. The van der Waals surface area contributed by atoms with E-state index in [2.05, 4.69) is 4.98 Å². The Hall–Kier alpha value is -2.16. The lowest BCUT2D eigenvalue weighted by atomic mass is 10.1. The van der Waals surface area contributed by atoms with Crippen molar-refractivity contribution in [3.05, 3.63) is 59.4 Å². The summed E-state index contributed by atoms with van der Waals surface area (Å²) in [7, 11) is 0. The minimum atomic E-state index is -0.0831. The van der Waals surface area contributed by atoms with E-state index in [1.54, 1.807) is 24.4 Å². The highest BCUT2D eigenvalue weighted by Crippen LogP contribution is 2.16. The maximum atomic E-state index is 12.2. The van der Waals surface area contributed by atoms with Crippen LogP contribution in [0.25, 0.3) is 0 Å². The highest BCUT2D eigenvalue weighted by molar-refractivity contribution is 6.07. The summed E-state index contributed by atoms with van der Waals surface area (Å²) in [5, 5.41) is 0. The van der Waals surface area contributed by atoms with Gasteiger partial charge in [-0.05, 0) is 43.7 Å². The zero-order chi connectivity index (χ0) is 13.0. The van der Waals surface area contributed by atoms with Crippen LogP contribution in [0.15, 0.2) is 42.6 Å². The normalized spacial score (nSPS) is 10.1. The lowest BCUT2D eigenvalue weighted by Gasteiger charge is -2.05. The lowest BCUT2D eigenvalue weighted by Crippen LogP contribution is -2.04. The third-order valence-corrected chi connectivity index (χ3v) is 2.56. The fraction of sp³-hybridized carbons (Fsp3) is 0.200. The van der Waals surface area contributed by atoms with E-state index in [0.29, 0.717) is 23.6 Å². The fourth-order valence-electron chi connectivity index (χ4n) is 1.70. The van der Waals surface area contributed by atoms with Crippen LogP contribution >= 0.6 is 0 Å². The van der Waals surface area contributed by atoms with Crippen LogP contribution in [0.1, 0.15) is 28.5 Å². The Morgan fingerprint density at radius 3 is 2.83 bits per heavy atom. The number of nitrogens with zero attached hydrogens (tertiary/aromatic N) is 1. The second-order valence-corrected chi connectivity index (χ2v) is 4.01. The first-order chi connectivity index (χ1) is 8.70. The highest BCUT2D eigenvalue weighted by atomic mass is 16.5. The first-order valence-corrected chi connectivity index (χ1v) is 5.91. The molecule has 0 aliphatic carbocycles. The van der Waals surface area contributed by atoms with Crippen molar-refractivity contribution >= 4 is 5.78 Å². The Morgan fingerprint density at radius 1 is 1.28 bits per heavy atom. The molecule has 0 amide bonds. The van der Waals surface area contributed by atoms with Crippen LogP contribution in [0.2, 0.25) is 0 Å². The van der Waals surface area contributed by atoms with Crippen LogP contribution in [0.4, 0.5) is 0 Å². The van der Waals surface area contributed by atoms with E-state index in [9.17, 15) is 4.79 Å². The molecule has 1 aromatic carbocycles. The molecule has 0 radical (unpaired) electrons. The number of aryl methyl sites for hydroxylation is 1. The molecule has 3 heteroatoms. The predicted octanol–water partition coefficient (Wildman–Crippen LogP) is 3.02. The maximum absolute atomic E-state index is 12.2. The third-order valence-electron chi connectivity index (χ3n) is 2.56. The third kappa shape index (κ3) is 2.74. The number of hydrogen-bond acceptors (Lipinski definition) is 3. The molecular weight excluding hydrogens is 226 g/mol. The number of carbonyl (C=O) groups is 1. The van der Waals surface area contributed by atoms with Gasteiger partial charge in [0, 0.05) is 11.8 Å². The molecule has 92 valence electrons. The number of ketones is 1. The molecule has 18 heavy (non-hydrogen) atoms. The van der Waals surface area contributed by atoms with E-state index < -0.39 is 0 Å². The standard InChI is InChI=1S/C15H15NO2/c1-3-18-13-6-4-5-12(10-13)15(17)14-9-11(2)7-8-16-14/h4-10H,3H2,1-2H3. The molecule has 1 aromatic heterocycles. The van der Waals surface area contributed by atoms with Crippen molar-refractivity contribution in [2.75, 3.05) is 6.61 Å². The van der Waals surface area contributed by atoms with E-state index in [1.165, 1.54) is 0 Å². The molecule has 0 atom stereocenters. The van der Waals surface area contributed by atoms with Crippen LogP contribution in [0.5, 0.6) is 5.75 Å². The minimum absolute atomic E-state index is 0.0831. The van der Waals surface area contributed by atoms with Gasteiger partial charge in [-0.2, -0.15) is 0 Å². The molecule has 2 aromatic rings. The molecule has 0 saturated carbocycles. The van der Waals surface area contributed by atoms with Gasteiger partial charge < -0.3 is 4.74 Å². The molecule has 0 unspecified atom stereocenters. The van der Waals surface area contributed by atoms with Gasteiger partial charge in [0.25, 0.3) is 0 Å². The molecule has 0 aliphatic rings. The second-order valence-electron chi connectivity index (χ2n) is 4.01. The van der Waals surface area contributed by atoms with Gasteiger partial charge >= 0.3 is 0 Å².